The zero-order valence-corrected chi connectivity index (χ0v) is 9.92. The quantitative estimate of drug-likeness (QED) is 0.322. The molecule has 0 radical (unpaired) electrons. The summed E-state index contributed by atoms with van der Waals surface area (Å²) in [7, 11) is 1.83. The standard InChI is InChI=1S/C12H23N3/c1-3-4-7-10-14-12(13-2)15-11-8-5-6-9-11/h3-4,11H,5-10H2,1-2H3,(H2,13,14,15). The lowest BCUT2D eigenvalue weighted by atomic mass is 10.2. The van der Waals surface area contributed by atoms with Crippen molar-refractivity contribution in [2.75, 3.05) is 13.6 Å². The molecular formula is C12H23N3. The van der Waals surface area contributed by atoms with E-state index in [9.17, 15) is 0 Å². The third-order valence-corrected chi connectivity index (χ3v) is 2.76. The molecule has 0 aromatic rings. The van der Waals surface area contributed by atoms with Crippen molar-refractivity contribution in [1.29, 1.82) is 0 Å². The average Bonchev–Trinajstić information content (AvgIpc) is 2.75. The van der Waals surface area contributed by atoms with Gasteiger partial charge in [0.25, 0.3) is 0 Å². The Hall–Kier alpha value is -0.990. The molecule has 0 aromatic carbocycles. The molecule has 0 amide bonds. The Balaban J connectivity index is 2.17. The predicted octanol–water partition coefficient (Wildman–Crippen LogP) is 2.06. The van der Waals surface area contributed by atoms with Crippen LogP contribution in [0.25, 0.3) is 0 Å². The van der Waals surface area contributed by atoms with Gasteiger partial charge < -0.3 is 10.6 Å². The first-order chi connectivity index (χ1) is 7.36. The van der Waals surface area contributed by atoms with E-state index in [-0.39, 0.29) is 0 Å². The van der Waals surface area contributed by atoms with Crippen LogP contribution in [0.5, 0.6) is 0 Å². The topological polar surface area (TPSA) is 36.4 Å². The maximum absolute atomic E-state index is 4.22. The highest BCUT2D eigenvalue weighted by molar-refractivity contribution is 5.79. The van der Waals surface area contributed by atoms with E-state index in [1.54, 1.807) is 0 Å². The summed E-state index contributed by atoms with van der Waals surface area (Å²) in [6.07, 6.45) is 10.6. The molecule has 3 heteroatoms. The van der Waals surface area contributed by atoms with Gasteiger partial charge in [0.05, 0.1) is 0 Å². The molecule has 1 saturated carbocycles. The van der Waals surface area contributed by atoms with Gasteiger partial charge in [-0.2, -0.15) is 0 Å². The molecule has 15 heavy (non-hydrogen) atoms. The minimum atomic E-state index is 0.637. The van der Waals surface area contributed by atoms with Gasteiger partial charge >= 0.3 is 0 Å². The number of rotatable bonds is 4. The molecule has 0 saturated heterocycles. The number of aliphatic imine (C=N–C) groups is 1. The van der Waals surface area contributed by atoms with Crippen molar-refractivity contribution in [3.63, 3.8) is 0 Å². The molecular weight excluding hydrogens is 186 g/mol. The third-order valence-electron chi connectivity index (χ3n) is 2.76. The molecule has 0 bridgehead atoms. The number of hydrogen-bond donors (Lipinski definition) is 2. The highest BCUT2D eigenvalue weighted by Gasteiger charge is 2.15. The van der Waals surface area contributed by atoms with Crippen LogP contribution in [0.3, 0.4) is 0 Å². The lowest BCUT2D eigenvalue weighted by Crippen LogP contribution is -2.42. The number of guanidine groups is 1. The second-order valence-corrected chi connectivity index (χ2v) is 3.98. The largest absolute Gasteiger partial charge is 0.356 e. The molecule has 0 unspecified atom stereocenters. The highest BCUT2D eigenvalue weighted by atomic mass is 15.2. The first-order valence-electron chi connectivity index (χ1n) is 5.95. The number of hydrogen-bond acceptors (Lipinski definition) is 1. The first-order valence-corrected chi connectivity index (χ1v) is 5.95. The normalized spacial score (nSPS) is 18.7. The van der Waals surface area contributed by atoms with Crippen molar-refractivity contribution >= 4 is 5.96 Å². The van der Waals surface area contributed by atoms with Crippen molar-refractivity contribution in [2.45, 2.75) is 45.1 Å². The van der Waals surface area contributed by atoms with Gasteiger partial charge in [-0.05, 0) is 26.2 Å². The second-order valence-electron chi connectivity index (χ2n) is 3.98. The molecule has 1 aliphatic carbocycles. The van der Waals surface area contributed by atoms with E-state index in [4.69, 9.17) is 0 Å². The molecule has 0 spiro atoms. The maximum Gasteiger partial charge on any atom is 0.191 e. The Morgan fingerprint density at radius 3 is 2.73 bits per heavy atom. The first kappa shape index (κ1) is 12.1. The SMILES string of the molecule is CC=CCCNC(=NC)NC1CCCC1. The summed E-state index contributed by atoms with van der Waals surface area (Å²) < 4.78 is 0. The summed E-state index contributed by atoms with van der Waals surface area (Å²) in [5.41, 5.74) is 0. The summed E-state index contributed by atoms with van der Waals surface area (Å²) in [6.45, 7) is 3.00. The maximum atomic E-state index is 4.22. The lowest BCUT2D eigenvalue weighted by Gasteiger charge is -2.16. The zero-order chi connectivity index (χ0) is 10.9. The van der Waals surface area contributed by atoms with Crippen molar-refractivity contribution in [3.8, 4) is 0 Å². The van der Waals surface area contributed by atoms with Gasteiger partial charge in [0.1, 0.15) is 0 Å². The van der Waals surface area contributed by atoms with Crippen LogP contribution in [-0.4, -0.2) is 25.6 Å². The van der Waals surface area contributed by atoms with Crippen LogP contribution < -0.4 is 10.6 Å². The Kier molecular flexibility index (Phi) is 5.90. The summed E-state index contributed by atoms with van der Waals surface area (Å²) in [5, 5.41) is 6.78. The van der Waals surface area contributed by atoms with Gasteiger partial charge in [-0.3, -0.25) is 4.99 Å². The highest BCUT2D eigenvalue weighted by Crippen LogP contribution is 2.17. The van der Waals surface area contributed by atoms with Gasteiger partial charge in [0.15, 0.2) is 5.96 Å². The van der Waals surface area contributed by atoms with Crippen LogP contribution in [0.1, 0.15) is 39.0 Å². The molecule has 1 aliphatic rings. The average molecular weight is 209 g/mol. The van der Waals surface area contributed by atoms with E-state index in [1.165, 1.54) is 25.7 Å². The monoisotopic (exact) mass is 209 g/mol. The lowest BCUT2D eigenvalue weighted by molar-refractivity contribution is 0.614. The molecule has 86 valence electrons. The molecule has 1 rings (SSSR count). The third kappa shape index (κ3) is 4.86. The summed E-state index contributed by atoms with van der Waals surface area (Å²) in [6, 6.07) is 0.637. The molecule has 1 fully saturated rings. The summed E-state index contributed by atoms with van der Waals surface area (Å²) in [4.78, 5) is 4.22. The summed E-state index contributed by atoms with van der Waals surface area (Å²) >= 11 is 0. The minimum Gasteiger partial charge on any atom is -0.356 e. The van der Waals surface area contributed by atoms with Gasteiger partial charge in [-0.1, -0.05) is 25.0 Å². The van der Waals surface area contributed by atoms with Gasteiger partial charge in [0.2, 0.25) is 0 Å². The molecule has 0 aliphatic heterocycles. The van der Waals surface area contributed by atoms with E-state index < -0.39 is 0 Å². The molecule has 0 atom stereocenters. The van der Waals surface area contributed by atoms with Crippen LogP contribution in [0.15, 0.2) is 17.1 Å². The smallest absolute Gasteiger partial charge is 0.191 e. The van der Waals surface area contributed by atoms with Crippen LogP contribution >= 0.6 is 0 Å². The number of nitrogens with one attached hydrogen (secondary N) is 2. The van der Waals surface area contributed by atoms with Crippen molar-refractivity contribution in [3.05, 3.63) is 12.2 Å². The Bertz CT molecular complexity index is 215. The fraction of sp³-hybridized carbons (Fsp3) is 0.750. The number of nitrogens with zero attached hydrogens (tertiary/aromatic N) is 1. The van der Waals surface area contributed by atoms with E-state index in [2.05, 4.69) is 27.8 Å². The van der Waals surface area contributed by atoms with Gasteiger partial charge in [-0.15, -0.1) is 0 Å². The van der Waals surface area contributed by atoms with E-state index >= 15 is 0 Å². The molecule has 3 nitrogen and oxygen atoms in total. The van der Waals surface area contributed by atoms with Crippen LogP contribution in [-0.2, 0) is 0 Å². The summed E-state index contributed by atoms with van der Waals surface area (Å²) in [5.74, 6) is 0.950. The zero-order valence-electron chi connectivity index (χ0n) is 9.92. The van der Waals surface area contributed by atoms with Crippen LogP contribution in [0, 0.1) is 0 Å². The minimum absolute atomic E-state index is 0.637. The van der Waals surface area contributed by atoms with E-state index in [0.717, 1.165) is 18.9 Å². The Morgan fingerprint density at radius 2 is 2.13 bits per heavy atom. The fourth-order valence-electron chi connectivity index (χ4n) is 1.90. The molecule has 2 N–H and O–H groups in total. The number of allylic oxidation sites excluding steroid dienone is 1. The van der Waals surface area contributed by atoms with E-state index in [0.29, 0.717) is 6.04 Å². The molecule has 0 heterocycles. The molecule has 0 aromatic heterocycles. The van der Waals surface area contributed by atoms with Crippen molar-refractivity contribution in [1.82, 2.24) is 10.6 Å². The van der Waals surface area contributed by atoms with Crippen molar-refractivity contribution in [2.24, 2.45) is 4.99 Å². The Morgan fingerprint density at radius 1 is 1.40 bits per heavy atom. The van der Waals surface area contributed by atoms with Gasteiger partial charge in [0, 0.05) is 19.6 Å². The predicted molar refractivity (Wildman–Crippen MR) is 66.2 cm³/mol. The fourth-order valence-corrected chi connectivity index (χ4v) is 1.90. The van der Waals surface area contributed by atoms with Crippen LogP contribution in [0.4, 0.5) is 0 Å². The van der Waals surface area contributed by atoms with Crippen LogP contribution in [0.2, 0.25) is 0 Å². The van der Waals surface area contributed by atoms with E-state index in [1.807, 2.05) is 14.0 Å². The van der Waals surface area contributed by atoms with Gasteiger partial charge in [-0.25, -0.2) is 0 Å². The van der Waals surface area contributed by atoms with Crippen molar-refractivity contribution < 1.29 is 0 Å². The Labute approximate surface area is 93.1 Å². The second kappa shape index (κ2) is 7.32.